The Kier molecular flexibility index (Phi) is 5.24. The molecule has 1 atom stereocenters. The predicted octanol–water partition coefficient (Wildman–Crippen LogP) is 4.25. The van der Waals surface area contributed by atoms with Crippen LogP contribution in [0, 0.1) is 11.6 Å². The molecule has 0 amide bonds. The fourth-order valence-corrected chi connectivity index (χ4v) is 2.40. The maximum atomic E-state index is 13.8. The highest BCUT2D eigenvalue weighted by Gasteiger charge is 2.16. The van der Waals surface area contributed by atoms with E-state index in [0.29, 0.717) is 5.56 Å². The molecule has 0 bridgehead atoms. The molecule has 2 aromatic rings. The number of hydrogen-bond donors (Lipinski definition) is 1. The van der Waals surface area contributed by atoms with Gasteiger partial charge in [0.15, 0.2) is 11.6 Å². The lowest BCUT2D eigenvalue weighted by Gasteiger charge is -2.17. The molecule has 0 aliphatic rings. The van der Waals surface area contributed by atoms with Gasteiger partial charge in [0.25, 0.3) is 0 Å². The Hall–Kier alpha value is -1.74. The van der Waals surface area contributed by atoms with E-state index in [0.717, 1.165) is 25.3 Å². The average Bonchev–Trinajstić information content (AvgIpc) is 2.48. The third kappa shape index (κ3) is 3.64. The lowest BCUT2D eigenvalue weighted by molar-refractivity contribution is 0.457. The van der Waals surface area contributed by atoms with E-state index in [2.05, 4.69) is 17.4 Å². The summed E-state index contributed by atoms with van der Waals surface area (Å²) in [5.41, 5.74) is 1.67. The number of nitrogens with one attached hydrogen (secondary N) is 1. The van der Waals surface area contributed by atoms with E-state index >= 15 is 0 Å². The topological polar surface area (TPSA) is 12.0 Å². The Morgan fingerprint density at radius 2 is 1.75 bits per heavy atom. The molecule has 0 heterocycles. The molecule has 2 rings (SSSR count). The number of benzene rings is 2. The summed E-state index contributed by atoms with van der Waals surface area (Å²) in [7, 11) is 1.78. The van der Waals surface area contributed by atoms with E-state index in [4.69, 9.17) is 0 Å². The van der Waals surface area contributed by atoms with Gasteiger partial charge in [-0.2, -0.15) is 0 Å². The van der Waals surface area contributed by atoms with Crippen molar-refractivity contribution >= 4 is 0 Å². The van der Waals surface area contributed by atoms with Gasteiger partial charge in [0, 0.05) is 11.6 Å². The molecule has 1 unspecified atom stereocenters. The first kappa shape index (κ1) is 14.7. The zero-order valence-corrected chi connectivity index (χ0v) is 11.6. The third-order valence-corrected chi connectivity index (χ3v) is 3.51. The van der Waals surface area contributed by atoms with E-state index in [1.807, 2.05) is 18.2 Å². The van der Waals surface area contributed by atoms with Crippen molar-refractivity contribution < 1.29 is 8.78 Å². The number of hydrogen-bond acceptors (Lipinski definition) is 1. The Labute approximate surface area is 118 Å². The first-order valence-electron chi connectivity index (χ1n) is 6.87. The largest absolute Gasteiger partial charge is 0.313 e. The average molecular weight is 275 g/mol. The molecular formula is C17H19F2N. The van der Waals surface area contributed by atoms with Gasteiger partial charge in [-0.15, -0.1) is 0 Å². The van der Waals surface area contributed by atoms with Crippen LogP contribution in [0.1, 0.15) is 30.0 Å². The van der Waals surface area contributed by atoms with Crippen LogP contribution in [0.15, 0.2) is 48.5 Å². The normalized spacial score (nSPS) is 12.3. The minimum Gasteiger partial charge on any atom is -0.313 e. The Morgan fingerprint density at radius 3 is 2.45 bits per heavy atom. The summed E-state index contributed by atoms with van der Waals surface area (Å²) >= 11 is 0. The monoisotopic (exact) mass is 275 g/mol. The van der Waals surface area contributed by atoms with Gasteiger partial charge in [0.2, 0.25) is 0 Å². The second kappa shape index (κ2) is 7.15. The second-order valence-corrected chi connectivity index (χ2v) is 4.86. The molecule has 2 aromatic carbocycles. The zero-order valence-electron chi connectivity index (χ0n) is 11.6. The molecule has 20 heavy (non-hydrogen) atoms. The first-order valence-corrected chi connectivity index (χ1v) is 6.87. The molecular weight excluding hydrogens is 256 g/mol. The van der Waals surface area contributed by atoms with Crippen LogP contribution < -0.4 is 5.32 Å². The van der Waals surface area contributed by atoms with E-state index < -0.39 is 11.6 Å². The molecule has 0 fully saturated rings. The minimum absolute atomic E-state index is 0.158. The highest BCUT2D eigenvalue weighted by molar-refractivity contribution is 5.22. The lowest BCUT2D eigenvalue weighted by atomic mass is 9.98. The Morgan fingerprint density at radius 1 is 1.00 bits per heavy atom. The molecule has 0 spiro atoms. The zero-order chi connectivity index (χ0) is 14.4. The maximum absolute atomic E-state index is 13.8. The standard InChI is InChI=1S/C17H19F2N/c1-20-16(14-10-6-11-15(18)17(14)19)12-5-9-13-7-3-2-4-8-13/h2-4,6-8,10-11,16,20H,5,9,12H2,1H3. The van der Waals surface area contributed by atoms with Crippen molar-refractivity contribution in [2.45, 2.75) is 25.3 Å². The molecule has 0 aliphatic carbocycles. The van der Waals surface area contributed by atoms with E-state index in [1.54, 1.807) is 19.2 Å². The molecule has 0 saturated heterocycles. The fraction of sp³-hybridized carbons (Fsp3) is 0.294. The number of aryl methyl sites for hydroxylation is 1. The van der Waals surface area contributed by atoms with Crippen molar-refractivity contribution in [1.29, 1.82) is 0 Å². The van der Waals surface area contributed by atoms with Gasteiger partial charge >= 0.3 is 0 Å². The van der Waals surface area contributed by atoms with Crippen LogP contribution in [-0.2, 0) is 6.42 Å². The molecule has 1 nitrogen and oxygen atoms in total. The van der Waals surface area contributed by atoms with E-state index in [1.165, 1.54) is 5.56 Å². The van der Waals surface area contributed by atoms with E-state index in [9.17, 15) is 8.78 Å². The minimum atomic E-state index is -0.786. The summed E-state index contributed by atoms with van der Waals surface area (Å²) in [6.07, 6.45) is 2.63. The molecule has 0 aliphatic heterocycles. The van der Waals surface area contributed by atoms with Crippen LogP contribution in [0.2, 0.25) is 0 Å². The van der Waals surface area contributed by atoms with Crippen LogP contribution in [0.4, 0.5) is 8.78 Å². The van der Waals surface area contributed by atoms with Gasteiger partial charge in [-0.05, 0) is 37.9 Å². The van der Waals surface area contributed by atoms with Gasteiger partial charge in [0.05, 0.1) is 0 Å². The van der Waals surface area contributed by atoms with Crippen LogP contribution in [0.3, 0.4) is 0 Å². The van der Waals surface area contributed by atoms with Crippen molar-refractivity contribution in [3.8, 4) is 0 Å². The van der Waals surface area contributed by atoms with Crippen LogP contribution in [-0.4, -0.2) is 7.05 Å². The summed E-state index contributed by atoms with van der Waals surface area (Å²) < 4.78 is 27.0. The Balaban J connectivity index is 1.97. The van der Waals surface area contributed by atoms with Crippen molar-refractivity contribution in [3.63, 3.8) is 0 Å². The third-order valence-electron chi connectivity index (χ3n) is 3.51. The molecule has 0 aromatic heterocycles. The van der Waals surface area contributed by atoms with Gasteiger partial charge < -0.3 is 5.32 Å². The summed E-state index contributed by atoms with van der Waals surface area (Å²) in [5, 5.41) is 3.07. The molecule has 0 saturated carbocycles. The van der Waals surface area contributed by atoms with E-state index in [-0.39, 0.29) is 6.04 Å². The first-order chi connectivity index (χ1) is 9.72. The number of rotatable bonds is 6. The number of halogens is 2. The van der Waals surface area contributed by atoms with Crippen molar-refractivity contribution in [1.82, 2.24) is 5.32 Å². The van der Waals surface area contributed by atoms with Crippen LogP contribution in [0.5, 0.6) is 0 Å². The molecule has 0 radical (unpaired) electrons. The lowest BCUT2D eigenvalue weighted by Crippen LogP contribution is -2.18. The summed E-state index contributed by atoms with van der Waals surface area (Å²) in [4.78, 5) is 0. The molecule has 106 valence electrons. The van der Waals surface area contributed by atoms with Crippen molar-refractivity contribution in [3.05, 3.63) is 71.3 Å². The van der Waals surface area contributed by atoms with Crippen LogP contribution in [0.25, 0.3) is 0 Å². The maximum Gasteiger partial charge on any atom is 0.163 e. The highest BCUT2D eigenvalue weighted by Crippen LogP contribution is 2.23. The summed E-state index contributed by atoms with van der Waals surface area (Å²) in [6, 6.07) is 14.4. The van der Waals surface area contributed by atoms with Gasteiger partial charge in [-0.1, -0.05) is 42.5 Å². The Bertz CT molecular complexity index is 540. The summed E-state index contributed by atoms with van der Waals surface area (Å²) in [6.45, 7) is 0. The highest BCUT2D eigenvalue weighted by atomic mass is 19.2. The van der Waals surface area contributed by atoms with Gasteiger partial charge in [-0.3, -0.25) is 0 Å². The van der Waals surface area contributed by atoms with Crippen LogP contribution >= 0.6 is 0 Å². The predicted molar refractivity (Wildman–Crippen MR) is 77.5 cm³/mol. The fourth-order valence-electron chi connectivity index (χ4n) is 2.40. The summed E-state index contributed by atoms with van der Waals surface area (Å²) in [5.74, 6) is -1.53. The molecule has 1 N–H and O–H groups in total. The van der Waals surface area contributed by atoms with Gasteiger partial charge in [-0.25, -0.2) is 8.78 Å². The van der Waals surface area contributed by atoms with Crippen molar-refractivity contribution in [2.24, 2.45) is 0 Å². The SMILES string of the molecule is CNC(CCCc1ccccc1)c1cccc(F)c1F. The second-order valence-electron chi connectivity index (χ2n) is 4.86. The molecule has 3 heteroatoms. The van der Waals surface area contributed by atoms with Gasteiger partial charge in [0.1, 0.15) is 0 Å². The smallest absolute Gasteiger partial charge is 0.163 e. The quantitative estimate of drug-likeness (QED) is 0.831. The van der Waals surface area contributed by atoms with Crippen molar-refractivity contribution in [2.75, 3.05) is 7.05 Å².